The summed E-state index contributed by atoms with van der Waals surface area (Å²) >= 11 is 4.94. The number of esters is 1. The second-order valence-corrected chi connectivity index (χ2v) is 8.96. The average Bonchev–Trinajstić information content (AvgIpc) is 3.02. The predicted octanol–water partition coefficient (Wildman–Crippen LogP) is 5.00. The van der Waals surface area contributed by atoms with E-state index in [0.717, 1.165) is 40.6 Å². The summed E-state index contributed by atoms with van der Waals surface area (Å²) in [5.41, 5.74) is 2.70. The van der Waals surface area contributed by atoms with Crippen molar-refractivity contribution in [2.45, 2.75) is 39.5 Å². The number of carbonyl (C=O) groups is 2. The molecule has 0 fully saturated rings. The van der Waals surface area contributed by atoms with Crippen LogP contribution in [0.1, 0.15) is 46.6 Å². The number of carbonyl (C=O) groups excluding carboxylic acids is 2. The molecular weight excluding hydrogens is 442 g/mol. The summed E-state index contributed by atoms with van der Waals surface area (Å²) in [4.78, 5) is 25.9. The predicted molar refractivity (Wildman–Crippen MR) is 114 cm³/mol. The maximum Gasteiger partial charge on any atom is 0.341 e. The zero-order chi connectivity index (χ0) is 20.3. The van der Waals surface area contributed by atoms with Gasteiger partial charge in [0.2, 0.25) is 0 Å². The van der Waals surface area contributed by atoms with Gasteiger partial charge in [0, 0.05) is 4.88 Å². The number of hydrogen-bond acceptors (Lipinski definition) is 5. The monoisotopic (exact) mass is 465 g/mol. The van der Waals surface area contributed by atoms with E-state index < -0.39 is 5.97 Å². The van der Waals surface area contributed by atoms with Crippen molar-refractivity contribution < 1.29 is 19.1 Å². The van der Waals surface area contributed by atoms with Gasteiger partial charge in [-0.3, -0.25) is 4.79 Å². The van der Waals surface area contributed by atoms with Crippen molar-refractivity contribution >= 4 is 44.1 Å². The molecule has 1 aliphatic rings. The molecule has 0 saturated heterocycles. The van der Waals surface area contributed by atoms with Gasteiger partial charge in [-0.05, 0) is 70.8 Å². The van der Waals surface area contributed by atoms with E-state index in [9.17, 15) is 9.59 Å². The van der Waals surface area contributed by atoms with Crippen molar-refractivity contribution in [3.63, 3.8) is 0 Å². The standard InChI is InChI=1S/C21H24BrNO4S/c1-4-13-6-8-16(15(22)10-13)27-11-18(24)23-20-19(21(25)26-3)14-7-5-12(2)9-17(14)28-20/h6,8,10,12H,4-5,7,9,11H2,1-3H3,(H,23,24). The largest absolute Gasteiger partial charge is 0.483 e. The third-order valence-electron chi connectivity index (χ3n) is 4.92. The van der Waals surface area contributed by atoms with Crippen LogP contribution in [0.2, 0.25) is 0 Å². The van der Waals surface area contributed by atoms with Crippen molar-refractivity contribution in [3.8, 4) is 5.75 Å². The first-order valence-electron chi connectivity index (χ1n) is 9.36. The maximum atomic E-state index is 12.5. The number of nitrogens with one attached hydrogen (secondary N) is 1. The third kappa shape index (κ3) is 4.58. The van der Waals surface area contributed by atoms with Crippen molar-refractivity contribution in [2.24, 2.45) is 5.92 Å². The highest BCUT2D eigenvalue weighted by Crippen LogP contribution is 2.40. The molecule has 28 heavy (non-hydrogen) atoms. The molecule has 1 heterocycles. The number of ether oxygens (including phenoxy) is 2. The summed E-state index contributed by atoms with van der Waals surface area (Å²) < 4.78 is 11.4. The summed E-state index contributed by atoms with van der Waals surface area (Å²) in [5.74, 6) is 0.483. The molecule has 0 saturated carbocycles. The van der Waals surface area contributed by atoms with E-state index in [1.54, 1.807) is 0 Å². The van der Waals surface area contributed by atoms with Gasteiger partial charge in [-0.25, -0.2) is 4.79 Å². The van der Waals surface area contributed by atoms with Crippen molar-refractivity contribution in [1.82, 2.24) is 0 Å². The first kappa shape index (κ1) is 20.9. The summed E-state index contributed by atoms with van der Waals surface area (Å²) in [5, 5.41) is 3.40. The fourth-order valence-corrected chi connectivity index (χ4v) is 5.30. The van der Waals surface area contributed by atoms with E-state index >= 15 is 0 Å². The van der Waals surface area contributed by atoms with Crippen LogP contribution in [-0.2, 0) is 28.8 Å². The zero-order valence-electron chi connectivity index (χ0n) is 16.3. The second kappa shape index (κ2) is 9.09. The number of aryl methyl sites for hydroxylation is 1. The Morgan fingerprint density at radius 3 is 2.82 bits per heavy atom. The Labute approximate surface area is 177 Å². The molecule has 1 aliphatic carbocycles. The molecule has 2 aromatic rings. The van der Waals surface area contributed by atoms with Gasteiger partial charge in [0.1, 0.15) is 10.8 Å². The Bertz CT molecular complexity index is 893. The fourth-order valence-electron chi connectivity index (χ4n) is 3.34. The van der Waals surface area contributed by atoms with Crippen molar-refractivity contribution in [3.05, 3.63) is 44.2 Å². The van der Waals surface area contributed by atoms with Crippen molar-refractivity contribution in [2.75, 3.05) is 19.0 Å². The molecule has 1 N–H and O–H groups in total. The molecule has 1 unspecified atom stereocenters. The second-order valence-electron chi connectivity index (χ2n) is 7.00. The number of thiophene rings is 1. The number of halogens is 1. The molecule has 1 amide bonds. The number of fused-ring (bicyclic) bond motifs is 1. The first-order valence-corrected chi connectivity index (χ1v) is 11.0. The van der Waals surface area contributed by atoms with Gasteiger partial charge in [-0.1, -0.05) is 19.9 Å². The minimum atomic E-state index is -0.402. The highest BCUT2D eigenvalue weighted by Gasteiger charge is 2.28. The molecule has 0 spiro atoms. The van der Waals surface area contributed by atoms with Crippen LogP contribution in [0.4, 0.5) is 5.00 Å². The van der Waals surface area contributed by atoms with Crippen LogP contribution in [0.25, 0.3) is 0 Å². The Balaban J connectivity index is 1.72. The summed E-state index contributed by atoms with van der Waals surface area (Å²) in [7, 11) is 1.37. The van der Waals surface area contributed by atoms with Gasteiger partial charge in [0.25, 0.3) is 5.91 Å². The molecule has 0 aliphatic heterocycles. The zero-order valence-corrected chi connectivity index (χ0v) is 18.7. The molecule has 0 bridgehead atoms. The van der Waals surface area contributed by atoms with E-state index in [-0.39, 0.29) is 12.5 Å². The Morgan fingerprint density at radius 1 is 1.36 bits per heavy atom. The van der Waals surface area contributed by atoms with Gasteiger partial charge < -0.3 is 14.8 Å². The Kier molecular flexibility index (Phi) is 6.78. The van der Waals surface area contributed by atoms with E-state index in [4.69, 9.17) is 9.47 Å². The summed E-state index contributed by atoms with van der Waals surface area (Å²) in [6, 6.07) is 5.81. The number of methoxy groups -OCH3 is 1. The molecule has 0 radical (unpaired) electrons. The SMILES string of the molecule is CCc1ccc(OCC(=O)Nc2sc3c(c2C(=O)OC)CCC(C)C3)c(Br)c1. The van der Waals surface area contributed by atoms with Crippen LogP contribution >= 0.6 is 27.3 Å². The Hall–Kier alpha value is -1.86. The highest BCUT2D eigenvalue weighted by atomic mass is 79.9. The van der Waals surface area contributed by atoms with Crippen LogP contribution in [0, 0.1) is 5.92 Å². The molecular formula is C21H24BrNO4S. The third-order valence-corrected chi connectivity index (χ3v) is 6.71. The van der Waals surface area contributed by atoms with E-state index in [0.29, 0.717) is 22.2 Å². The van der Waals surface area contributed by atoms with Gasteiger partial charge >= 0.3 is 5.97 Å². The van der Waals surface area contributed by atoms with E-state index in [2.05, 4.69) is 35.1 Å². The van der Waals surface area contributed by atoms with E-state index in [1.807, 2.05) is 18.2 Å². The van der Waals surface area contributed by atoms with Crippen LogP contribution in [0.15, 0.2) is 22.7 Å². The number of rotatable bonds is 6. The van der Waals surface area contributed by atoms with Gasteiger partial charge in [0.05, 0.1) is 17.1 Å². The van der Waals surface area contributed by atoms with Crippen LogP contribution < -0.4 is 10.1 Å². The molecule has 7 heteroatoms. The lowest BCUT2D eigenvalue weighted by molar-refractivity contribution is -0.118. The number of anilines is 1. The highest BCUT2D eigenvalue weighted by molar-refractivity contribution is 9.10. The van der Waals surface area contributed by atoms with Crippen LogP contribution in [-0.4, -0.2) is 25.6 Å². The fraction of sp³-hybridized carbons (Fsp3) is 0.429. The molecule has 1 aromatic heterocycles. The summed E-state index contributed by atoms with van der Waals surface area (Å²) in [6.45, 7) is 4.15. The lowest BCUT2D eigenvalue weighted by Crippen LogP contribution is -2.21. The smallest absolute Gasteiger partial charge is 0.341 e. The number of benzene rings is 1. The minimum Gasteiger partial charge on any atom is -0.483 e. The normalized spacial score (nSPS) is 15.6. The topological polar surface area (TPSA) is 64.6 Å². The number of amides is 1. The lowest BCUT2D eigenvalue weighted by Gasteiger charge is -2.18. The average molecular weight is 466 g/mol. The molecule has 150 valence electrons. The van der Waals surface area contributed by atoms with E-state index in [1.165, 1.54) is 24.0 Å². The van der Waals surface area contributed by atoms with Crippen LogP contribution in [0.5, 0.6) is 5.75 Å². The maximum absolute atomic E-state index is 12.5. The van der Waals surface area contributed by atoms with Gasteiger partial charge in [-0.15, -0.1) is 11.3 Å². The molecule has 3 rings (SSSR count). The number of hydrogen-bond donors (Lipinski definition) is 1. The lowest BCUT2D eigenvalue weighted by atomic mass is 9.88. The summed E-state index contributed by atoms with van der Waals surface area (Å²) in [6.07, 6.45) is 3.72. The Morgan fingerprint density at radius 2 is 2.14 bits per heavy atom. The molecule has 1 aromatic carbocycles. The molecule has 5 nitrogen and oxygen atoms in total. The van der Waals surface area contributed by atoms with Gasteiger partial charge in [0.15, 0.2) is 6.61 Å². The van der Waals surface area contributed by atoms with Crippen LogP contribution in [0.3, 0.4) is 0 Å². The van der Waals surface area contributed by atoms with Gasteiger partial charge in [-0.2, -0.15) is 0 Å². The minimum absolute atomic E-state index is 0.135. The van der Waals surface area contributed by atoms with Crippen molar-refractivity contribution in [1.29, 1.82) is 0 Å². The first-order chi connectivity index (χ1) is 13.4. The quantitative estimate of drug-likeness (QED) is 0.609. The molecule has 1 atom stereocenters.